The zero-order chi connectivity index (χ0) is 21.1. The minimum absolute atomic E-state index is 0.0403. The van der Waals surface area contributed by atoms with Crippen molar-refractivity contribution in [2.24, 2.45) is 5.10 Å². The maximum atomic E-state index is 11.8. The van der Waals surface area contributed by atoms with E-state index in [9.17, 15) is 9.59 Å². The molecular weight excluding hydrogens is 386 g/mol. The third-order valence-electron chi connectivity index (χ3n) is 3.51. The summed E-state index contributed by atoms with van der Waals surface area (Å²) in [5.41, 5.74) is 4.23. The predicted octanol–water partition coefficient (Wildman–Crippen LogP) is 3.36. The Morgan fingerprint density at radius 1 is 1.03 bits per heavy atom. The quantitative estimate of drug-likeness (QED) is 0.488. The van der Waals surface area contributed by atoms with E-state index in [2.05, 4.69) is 15.8 Å². The third-order valence-corrected chi connectivity index (χ3v) is 4.52. The van der Waals surface area contributed by atoms with Crippen molar-refractivity contribution in [1.29, 1.82) is 0 Å². The second-order valence-corrected chi connectivity index (χ2v) is 8.41. The van der Waals surface area contributed by atoms with E-state index >= 15 is 0 Å². The molecule has 2 aromatic carbocycles. The van der Waals surface area contributed by atoms with Crippen LogP contribution in [0.25, 0.3) is 0 Å². The molecule has 29 heavy (non-hydrogen) atoms. The fraction of sp³-hybridized carbons (Fsp3) is 0.318. The lowest BCUT2D eigenvalue weighted by atomic mass is 10.1. The maximum Gasteiger partial charge on any atom is 0.258 e. The van der Waals surface area contributed by atoms with Crippen LogP contribution in [0.3, 0.4) is 0 Å². The monoisotopic (exact) mass is 413 g/mol. The Morgan fingerprint density at radius 2 is 1.72 bits per heavy atom. The molecule has 7 heteroatoms. The lowest BCUT2D eigenvalue weighted by Gasteiger charge is -2.20. The van der Waals surface area contributed by atoms with Gasteiger partial charge < -0.3 is 10.1 Å². The highest BCUT2D eigenvalue weighted by Crippen LogP contribution is 2.12. The van der Waals surface area contributed by atoms with Crippen LogP contribution in [0.4, 0.5) is 0 Å². The highest BCUT2D eigenvalue weighted by atomic mass is 32.2. The van der Waals surface area contributed by atoms with E-state index in [0.717, 1.165) is 11.3 Å². The second-order valence-electron chi connectivity index (χ2n) is 7.43. The number of nitrogens with zero attached hydrogens (tertiary/aromatic N) is 1. The summed E-state index contributed by atoms with van der Waals surface area (Å²) in [5, 5.41) is 6.80. The molecule has 0 aliphatic rings. The van der Waals surface area contributed by atoms with Gasteiger partial charge in [-0.3, -0.25) is 9.59 Å². The summed E-state index contributed by atoms with van der Waals surface area (Å²) in [5.74, 6) is 1.40. The van der Waals surface area contributed by atoms with Gasteiger partial charge in [-0.25, -0.2) is 5.43 Å². The van der Waals surface area contributed by atoms with Crippen LogP contribution in [-0.4, -0.2) is 35.9 Å². The first-order valence-corrected chi connectivity index (χ1v) is 10.4. The summed E-state index contributed by atoms with van der Waals surface area (Å²) in [6.45, 7) is 5.71. The van der Waals surface area contributed by atoms with Crippen LogP contribution in [0.2, 0.25) is 0 Å². The fourth-order valence-electron chi connectivity index (χ4n) is 2.30. The van der Waals surface area contributed by atoms with Crippen molar-refractivity contribution < 1.29 is 14.3 Å². The molecule has 0 radical (unpaired) electrons. The van der Waals surface area contributed by atoms with Gasteiger partial charge in [0.1, 0.15) is 5.75 Å². The normalized spacial score (nSPS) is 11.3. The van der Waals surface area contributed by atoms with Gasteiger partial charge in [-0.05, 0) is 56.2 Å². The highest BCUT2D eigenvalue weighted by molar-refractivity contribution is 7.99. The second kappa shape index (κ2) is 11.3. The van der Waals surface area contributed by atoms with Crippen LogP contribution in [0.15, 0.2) is 59.7 Å². The number of hydrazone groups is 1. The van der Waals surface area contributed by atoms with E-state index in [4.69, 9.17) is 4.74 Å². The van der Waals surface area contributed by atoms with Gasteiger partial charge in [0.2, 0.25) is 5.91 Å². The molecule has 154 valence electrons. The van der Waals surface area contributed by atoms with Gasteiger partial charge in [-0.15, -0.1) is 11.8 Å². The van der Waals surface area contributed by atoms with Crippen LogP contribution in [0.1, 0.15) is 31.9 Å². The van der Waals surface area contributed by atoms with Gasteiger partial charge in [-0.1, -0.05) is 30.3 Å². The maximum absolute atomic E-state index is 11.8. The number of rotatable bonds is 9. The summed E-state index contributed by atoms with van der Waals surface area (Å²) < 4.78 is 5.46. The Balaban J connectivity index is 1.68. The van der Waals surface area contributed by atoms with Crippen LogP contribution < -0.4 is 15.5 Å². The molecule has 6 nitrogen and oxygen atoms in total. The molecule has 2 N–H and O–H groups in total. The summed E-state index contributed by atoms with van der Waals surface area (Å²) in [7, 11) is 0. The van der Waals surface area contributed by atoms with Crippen molar-refractivity contribution in [2.75, 3.05) is 12.4 Å². The molecule has 2 rings (SSSR count). The van der Waals surface area contributed by atoms with Gasteiger partial charge in [-0.2, -0.15) is 5.10 Å². The summed E-state index contributed by atoms with van der Waals surface area (Å²) >= 11 is 1.54. The first kappa shape index (κ1) is 22.5. The average molecular weight is 414 g/mol. The molecule has 0 unspecified atom stereocenters. The van der Waals surface area contributed by atoms with E-state index in [1.165, 1.54) is 17.3 Å². The number of hydrogen-bond acceptors (Lipinski definition) is 5. The van der Waals surface area contributed by atoms with E-state index in [-0.39, 0.29) is 24.0 Å². The first-order chi connectivity index (χ1) is 13.8. The van der Waals surface area contributed by atoms with Gasteiger partial charge in [0.25, 0.3) is 5.91 Å². The zero-order valence-corrected chi connectivity index (χ0v) is 17.8. The lowest BCUT2D eigenvalue weighted by Crippen LogP contribution is -2.43. The number of nitrogens with one attached hydrogen (secondary N) is 2. The minimum atomic E-state index is -0.286. The Morgan fingerprint density at radius 3 is 2.38 bits per heavy atom. The summed E-state index contributed by atoms with van der Waals surface area (Å²) in [6, 6.07) is 17.1. The van der Waals surface area contributed by atoms with Crippen LogP contribution >= 0.6 is 11.8 Å². The number of carbonyl (C=O) groups is 2. The standard InChI is InChI=1S/C22H27N3O3S/c1-22(2,3)24-20(26)14-28-19-11-9-17(10-12-19)13-23-25-21(27)16-29-15-18-7-5-4-6-8-18/h4-13H,14-16H2,1-3H3,(H,24,26)(H,25,27)/b23-13-. The molecular formula is C22H27N3O3S. The van der Waals surface area contributed by atoms with Crippen molar-refractivity contribution in [3.63, 3.8) is 0 Å². The van der Waals surface area contributed by atoms with Gasteiger partial charge in [0, 0.05) is 11.3 Å². The van der Waals surface area contributed by atoms with Crippen molar-refractivity contribution in [1.82, 2.24) is 10.7 Å². The summed E-state index contributed by atoms with van der Waals surface area (Å²) in [4.78, 5) is 23.6. The smallest absolute Gasteiger partial charge is 0.258 e. The molecule has 0 spiro atoms. The van der Waals surface area contributed by atoms with E-state index < -0.39 is 0 Å². The number of hydrogen-bond donors (Lipinski definition) is 2. The molecule has 0 bridgehead atoms. The van der Waals surface area contributed by atoms with Gasteiger partial charge in [0.15, 0.2) is 6.61 Å². The number of amides is 2. The number of thioether (sulfide) groups is 1. The molecule has 0 fully saturated rings. The Bertz CT molecular complexity index is 815. The fourth-order valence-corrected chi connectivity index (χ4v) is 3.08. The van der Waals surface area contributed by atoms with E-state index in [1.54, 1.807) is 30.5 Å². The Kier molecular flexibility index (Phi) is 8.73. The first-order valence-electron chi connectivity index (χ1n) is 9.29. The van der Waals surface area contributed by atoms with Crippen LogP contribution in [-0.2, 0) is 15.3 Å². The number of carbonyl (C=O) groups excluding carboxylic acids is 2. The predicted molar refractivity (Wildman–Crippen MR) is 118 cm³/mol. The Labute approximate surface area is 176 Å². The molecule has 0 aliphatic carbocycles. The summed E-state index contributed by atoms with van der Waals surface area (Å²) in [6.07, 6.45) is 1.57. The van der Waals surface area contributed by atoms with Gasteiger partial charge >= 0.3 is 0 Å². The molecule has 0 heterocycles. The largest absolute Gasteiger partial charge is 0.484 e. The van der Waals surface area contributed by atoms with Gasteiger partial charge in [0.05, 0.1) is 12.0 Å². The topological polar surface area (TPSA) is 79.8 Å². The number of benzene rings is 2. The lowest BCUT2D eigenvalue weighted by molar-refractivity contribution is -0.124. The molecule has 0 atom stereocenters. The van der Waals surface area contributed by atoms with Crippen LogP contribution in [0, 0.1) is 0 Å². The molecule has 0 saturated heterocycles. The molecule has 0 aliphatic heterocycles. The third kappa shape index (κ3) is 9.80. The van der Waals surface area contributed by atoms with Crippen molar-refractivity contribution in [3.05, 3.63) is 65.7 Å². The van der Waals surface area contributed by atoms with Crippen molar-refractivity contribution >= 4 is 29.8 Å². The zero-order valence-electron chi connectivity index (χ0n) is 17.0. The Hall–Kier alpha value is -2.80. The highest BCUT2D eigenvalue weighted by Gasteiger charge is 2.13. The van der Waals surface area contributed by atoms with E-state index in [0.29, 0.717) is 11.5 Å². The number of ether oxygens (including phenoxy) is 1. The van der Waals surface area contributed by atoms with Crippen molar-refractivity contribution in [2.45, 2.75) is 32.1 Å². The SMILES string of the molecule is CC(C)(C)NC(=O)COc1ccc(/C=N\NC(=O)CSCc2ccccc2)cc1. The molecule has 0 aromatic heterocycles. The van der Waals surface area contributed by atoms with E-state index in [1.807, 2.05) is 51.1 Å². The average Bonchev–Trinajstić information content (AvgIpc) is 2.67. The molecule has 2 amide bonds. The van der Waals surface area contributed by atoms with Crippen molar-refractivity contribution in [3.8, 4) is 5.75 Å². The minimum Gasteiger partial charge on any atom is -0.484 e. The molecule has 2 aromatic rings. The van der Waals surface area contributed by atoms with Crippen LogP contribution in [0.5, 0.6) is 5.75 Å². The molecule has 0 saturated carbocycles.